The van der Waals surface area contributed by atoms with E-state index >= 15 is 0 Å². The number of benzene rings is 1. The van der Waals surface area contributed by atoms with Crippen molar-refractivity contribution >= 4 is 17.7 Å². The summed E-state index contributed by atoms with van der Waals surface area (Å²) in [6.07, 6.45) is 11.8. The number of nitrogens with zero attached hydrogens (tertiary/aromatic N) is 1. The van der Waals surface area contributed by atoms with Crippen LogP contribution in [0, 0.1) is 12.8 Å². The van der Waals surface area contributed by atoms with Gasteiger partial charge in [0.25, 0.3) is 5.91 Å². The molecule has 2 fully saturated rings. The first-order valence-electron chi connectivity index (χ1n) is 13.4. The monoisotopic (exact) mass is 469 g/mol. The molecule has 0 bridgehead atoms. The van der Waals surface area contributed by atoms with Crippen molar-refractivity contribution in [3.05, 3.63) is 35.4 Å². The molecule has 0 radical (unpaired) electrons. The lowest BCUT2D eigenvalue weighted by Gasteiger charge is -2.36. The quantitative estimate of drug-likeness (QED) is 0.485. The summed E-state index contributed by atoms with van der Waals surface area (Å²) in [6, 6.07) is 7.48. The molecule has 6 heteroatoms. The number of piperidine rings is 1. The van der Waals surface area contributed by atoms with E-state index in [2.05, 4.69) is 17.6 Å². The van der Waals surface area contributed by atoms with Crippen molar-refractivity contribution in [2.45, 2.75) is 103 Å². The zero-order chi connectivity index (χ0) is 24.3. The van der Waals surface area contributed by atoms with Crippen molar-refractivity contribution in [2.24, 2.45) is 5.92 Å². The molecule has 2 unspecified atom stereocenters. The number of carbonyl (C=O) groups excluding carboxylic acids is 3. The third-order valence-corrected chi connectivity index (χ3v) is 7.44. The summed E-state index contributed by atoms with van der Waals surface area (Å²) in [5, 5.41) is 6.43. The normalized spacial score (nSPS) is 22.8. The highest BCUT2D eigenvalue weighted by molar-refractivity contribution is 5.95. The molecule has 1 aliphatic carbocycles. The number of aryl methyl sites for hydroxylation is 1. The first-order valence-corrected chi connectivity index (χ1v) is 13.4. The molecule has 1 aromatic rings. The number of amides is 3. The Morgan fingerprint density at radius 2 is 1.62 bits per heavy atom. The summed E-state index contributed by atoms with van der Waals surface area (Å²) < 4.78 is 0. The zero-order valence-corrected chi connectivity index (χ0v) is 21.1. The van der Waals surface area contributed by atoms with Crippen LogP contribution >= 0.6 is 0 Å². The molecule has 1 heterocycles. The van der Waals surface area contributed by atoms with Crippen molar-refractivity contribution in [1.82, 2.24) is 15.5 Å². The van der Waals surface area contributed by atoms with Gasteiger partial charge in [-0.15, -0.1) is 0 Å². The highest BCUT2D eigenvalue weighted by Gasteiger charge is 2.33. The number of nitrogens with one attached hydrogen (secondary N) is 2. The lowest BCUT2D eigenvalue weighted by molar-refractivity contribution is -0.136. The second kappa shape index (κ2) is 13.5. The Morgan fingerprint density at radius 3 is 2.35 bits per heavy atom. The Kier molecular flexibility index (Phi) is 10.4. The maximum Gasteiger partial charge on any atom is 0.251 e. The van der Waals surface area contributed by atoms with Crippen LogP contribution in [0.1, 0.15) is 99.9 Å². The van der Waals surface area contributed by atoms with Gasteiger partial charge in [-0.1, -0.05) is 63.6 Å². The van der Waals surface area contributed by atoms with Crippen LogP contribution in [-0.2, 0) is 9.59 Å². The third kappa shape index (κ3) is 7.57. The van der Waals surface area contributed by atoms with Gasteiger partial charge < -0.3 is 15.5 Å². The van der Waals surface area contributed by atoms with Crippen molar-refractivity contribution in [2.75, 3.05) is 13.1 Å². The Morgan fingerprint density at radius 1 is 0.912 bits per heavy atom. The van der Waals surface area contributed by atoms with E-state index in [-0.39, 0.29) is 35.7 Å². The standard InChI is InChI=1S/C28H43N3O3/c1-3-4-5-6-7-18-26(32)31-19-12-14-22(20-31)27(33)29-24-16-10-11-17-25(24)30-28(34)23-15-9-8-13-21(23)2/h8-9,13,15,22,24-25H,3-7,10-12,14,16-20H2,1-2H3,(H,29,33)(H,30,34)/t22?,24?,25-/m1/s1. The van der Waals surface area contributed by atoms with Crippen LogP contribution in [0.4, 0.5) is 0 Å². The van der Waals surface area contributed by atoms with E-state index in [0.29, 0.717) is 18.5 Å². The fourth-order valence-electron chi connectivity index (χ4n) is 5.31. The molecule has 3 rings (SSSR count). The summed E-state index contributed by atoms with van der Waals surface area (Å²) in [5.41, 5.74) is 1.64. The molecule has 3 amide bonds. The van der Waals surface area contributed by atoms with Gasteiger partial charge in [0.15, 0.2) is 0 Å². The van der Waals surface area contributed by atoms with Crippen molar-refractivity contribution in [1.29, 1.82) is 0 Å². The van der Waals surface area contributed by atoms with Gasteiger partial charge in [0, 0.05) is 37.2 Å². The summed E-state index contributed by atoms with van der Waals surface area (Å²) in [5.74, 6) is -0.0115. The highest BCUT2D eigenvalue weighted by Crippen LogP contribution is 2.23. The molecular formula is C28H43N3O3. The van der Waals surface area contributed by atoms with Crippen molar-refractivity contribution in [3.63, 3.8) is 0 Å². The molecule has 2 aliphatic rings. The highest BCUT2D eigenvalue weighted by atomic mass is 16.2. The van der Waals surface area contributed by atoms with E-state index in [9.17, 15) is 14.4 Å². The molecular weight excluding hydrogens is 426 g/mol. The molecule has 0 spiro atoms. The number of likely N-dealkylation sites (tertiary alicyclic amines) is 1. The maximum atomic E-state index is 13.2. The smallest absolute Gasteiger partial charge is 0.251 e. The average molecular weight is 470 g/mol. The minimum absolute atomic E-state index is 0.0301. The second-order valence-corrected chi connectivity index (χ2v) is 10.1. The molecule has 34 heavy (non-hydrogen) atoms. The summed E-state index contributed by atoms with van der Waals surface area (Å²) in [7, 11) is 0. The second-order valence-electron chi connectivity index (χ2n) is 10.1. The van der Waals surface area contributed by atoms with E-state index in [0.717, 1.165) is 63.5 Å². The Bertz CT molecular complexity index is 825. The fourth-order valence-corrected chi connectivity index (χ4v) is 5.31. The van der Waals surface area contributed by atoms with Crippen LogP contribution < -0.4 is 10.6 Å². The molecule has 1 saturated heterocycles. The Balaban J connectivity index is 1.51. The van der Waals surface area contributed by atoms with Crippen LogP contribution in [-0.4, -0.2) is 47.8 Å². The zero-order valence-electron chi connectivity index (χ0n) is 21.1. The number of hydrogen-bond acceptors (Lipinski definition) is 3. The average Bonchev–Trinajstić information content (AvgIpc) is 2.85. The van der Waals surface area contributed by atoms with Crippen LogP contribution in [0.3, 0.4) is 0 Å². The van der Waals surface area contributed by atoms with Gasteiger partial charge in [0.2, 0.25) is 11.8 Å². The lowest BCUT2D eigenvalue weighted by atomic mass is 9.88. The van der Waals surface area contributed by atoms with E-state index in [1.807, 2.05) is 36.1 Å². The molecule has 2 N–H and O–H groups in total. The molecule has 188 valence electrons. The fraction of sp³-hybridized carbons (Fsp3) is 0.679. The largest absolute Gasteiger partial charge is 0.351 e. The van der Waals surface area contributed by atoms with Gasteiger partial charge in [-0.05, 0) is 50.7 Å². The van der Waals surface area contributed by atoms with Gasteiger partial charge >= 0.3 is 0 Å². The Hall–Kier alpha value is -2.37. The predicted molar refractivity (Wildman–Crippen MR) is 136 cm³/mol. The van der Waals surface area contributed by atoms with Crippen molar-refractivity contribution < 1.29 is 14.4 Å². The molecule has 1 aromatic carbocycles. The summed E-state index contributed by atoms with van der Waals surface area (Å²) >= 11 is 0. The SMILES string of the molecule is CCCCCCCC(=O)N1CCCC(C(=O)NC2CCCC[C@H]2NC(=O)c2ccccc2C)C1. The van der Waals surface area contributed by atoms with Crippen LogP contribution in [0.15, 0.2) is 24.3 Å². The lowest BCUT2D eigenvalue weighted by Crippen LogP contribution is -2.55. The molecule has 0 aromatic heterocycles. The number of hydrogen-bond donors (Lipinski definition) is 2. The number of carbonyl (C=O) groups is 3. The maximum absolute atomic E-state index is 13.2. The molecule has 1 aliphatic heterocycles. The Labute approximate surface area is 205 Å². The molecule has 6 nitrogen and oxygen atoms in total. The minimum Gasteiger partial charge on any atom is -0.351 e. The molecule has 1 saturated carbocycles. The summed E-state index contributed by atoms with van der Waals surface area (Å²) in [6.45, 7) is 5.41. The third-order valence-electron chi connectivity index (χ3n) is 7.44. The van der Waals surface area contributed by atoms with Gasteiger partial charge in [0.05, 0.1) is 5.92 Å². The van der Waals surface area contributed by atoms with E-state index in [4.69, 9.17) is 0 Å². The predicted octanol–water partition coefficient (Wildman–Crippen LogP) is 4.75. The van der Waals surface area contributed by atoms with Crippen molar-refractivity contribution in [3.8, 4) is 0 Å². The molecule has 3 atom stereocenters. The van der Waals surface area contributed by atoms with E-state index in [1.165, 1.54) is 19.3 Å². The van der Waals surface area contributed by atoms with Gasteiger partial charge in [-0.3, -0.25) is 14.4 Å². The first-order chi connectivity index (χ1) is 16.5. The van der Waals surface area contributed by atoms with Gasteiger partial charge in [0.1, 0.15) is 0 Å². The topological polar surface area (TPSA) is 78.5 Å². The van der Waals surface area contributed by atoms with Crippen LogP contribution in [0.2, 0.25) is 0 Å². The van der Waals surface area contributed by atoms with E-state index in [1.54, 1.807) is 0 Å². The summed E-state index contributed by atoms with van der Waals surface area (Å²) in [4.78, 5) is 40.6. The van der Waals surface area contributed by atoms with Crippen LogP contribution in [0.25, 0.3) is 0 Å². The van der Waals surface area contributed by atoms with E-state index < -0.39 is 0 Å². The first kappa shape index (κ1) is 26.2. The van der Waals surface area contributed by atoms with Crippen LogP contribution in [0.5, 0.6) is 0 Å². The number of unbranched alkanes of at least 4 members (excludes halogenated alkanes) is 4. The van der Waals surface area contributed by atoms with Gasteiger partial charge in [-0.2, -0.15) is 0 Å². The number of rotatable bonds is 10. The minimum atomic E-state index is -0.160. The van der Waals surface area contributed by atoms with Gasteiger partial charge in [-0.25, -0.2) is 0 Å².